The maximum atomic E-state index is 12.1. The summed E-state index contributed by atoms with van der Waals surface area (Å²) >= 11 is 0. The Labute approximate surface area is 129 Å². The van der Waals surface area contributed by atoms with Gasteiger partial charge < -0.3 is 20.6 Å². The topological polar surface area (TPSA) is 98.7 Å². The fraction of sp³-hybridized carbons (Fsp3) is 0.800. The van der Waals surface area contributed by atoms with Crippen molar-refractivity contribution >= 4 is 17.9 Å². The molecule has 22 heavy (non-hydrogen) atoms. The highest BCUT2D eigenvalue weighted by molar-refractivity contribution is 5.82. The highest BCUT2D eigenvalue weighted by atomic mass is 16.4. The fourth-order valence-corrected chi connectivity index (χ4v) is 3.15. The molecule has 3 N–H and O–H groups in total. The van der Waals surface area contributed by atoms with Gasteiger partial charge in [0.25, 0.3) is 0 Å². The van der Waals surface area contributed by atoms with Crippen LogP contribution in [0.25, 0.3) is 0 Å². The van der Waals surface area contributed by atoms with Crippen LogP contribution in [0.5, 0.6) is 0 Å². The minimum atomic E-state index is -0.734. The molecule has 3 amide bonds. The summed E-state index contributed by atoms with van der Waals surface area (Å²) in [6.07, 6.45) is 4.67. The molecule has 0 bridgehead atoms. The molecule has 0 spiro atoms. The van der Waals surface area contributed by atoms with Crippen molar-refractivity contribution in [3.05, 3.63) is 0 Å². The number of nitrogens with zero attached hydrogens (tertiary/aromatic N) is 1. The van der Waals surface area contributed by atoms with E-state index >= 15 is 0 Å². The van der Waals surface area contributed by atoms with Gasteiger partial charge in [0.1, 0.15) is 0 Å². The number of carboxylic acid groups (broad SMARTS) is 1. The number of hydrogen-bond acceptors (Lipinski definition) is 3. The second-order valence-corrected chi connectivity index (χ2v) is 6.72. The summed E-state index contributed by atoms with van der Waals surface area (Å²) in [5.41, 5.74) is 0. The lowest BCUT2D eigenvalue weighted by Gasteiger charge is -2.40. The highest BCUT2D eigenvalue weighted by Crippen LogP contribution is 2.29. The Bertz CT molecular complexity index is 463. The van der Waals surface area contributed by atoms with Gasteiger partial charge in [-0.05, 0) is 38.5 Å². The van der Waals surface area contributed by atoms with E-state index in [1.54, 1.807) is 4.90 Å². The van der Waals surface area contributed by atoms with Crippen molar-refractivity contribution in [3.63, 3.8) is 0 Å². The summed E-state index contributed by atoms with van der Waals surface area (Å²) in [7, 11) is 0. The Morgan fingerprint density at radius 3 is 1.95 bits per heavy atom. The van der Waals surface area contributed by atoms with Gasteiger partial charge in [-0.3, -0.25) is 9.59 Å². The molecule has 1 aliphatic heterocycles. The number of carboxylic acids is 1. The van der Waals surface area contributed by atoms with Gasteiger partial charge in [0, 0.05) is 25.0 Å². The molecule has 1 heterocycles. The summed E-state index contributed by atoms with van der Waals surface area (Å²) in [5, 5.41) is 14.9. The van der Waals surface area contributed by atoms with Crippen LogP contribution in [-0.4, -0.2) is 53.1 Å². The first-order valence-corrected chi connectivity index (χ1v) is 8.11. The third kappa shape index (κ3) is 3.51. The third-order valence-corrected chi connectivity index (χ3v) is 4.87. The van der Waals surface area contributed by atoms with Crippen molar-refractivity contribution < 1.29 is 19.5 Å². The summed E-state index contributed by atoms with van der Waals surface area (Å²) in [6.45, 7) is 1.13. The zero-order valence-corrected chi connectivity index (χ0v) is 12.6. The minimum absolute atomic E-state index is 0.0724. The fourth-order valence-electron chi connectivity index (χ4n) is 3.15. The Kier molecular flexibility index (Phi) is 4.22. The average Bonchev–Trinajstić information content (AvgIpc) is 3.27. The van der Waals surface area contributed by atoms with E-state index in [9.17, 15) is 14.4 Å². The van der Waals surface area contributed by atoms with E-state index in [2.05, 4.69) is 10.6 Å². The van der Waals surface area contributed by atoms with Crippen LogP contribution in [-0.2, 0) is 9.59 Å². The SMILES string of the molecule is O=C(O)C1CCC(NC(=O)N2CC(NC(=O)C3CC3)C2)CC1. The van der Waals surface area contributed by atoms with Crippen molar-refractivity contribution in [2.45, 2.75) is 50.6 Å². The molecule has 0 atom stereocenters. The maximum absolute atomic E-state index is 12.1. The summed E-state index contributed by atoms with van der Waals surface area (Å²) in [6, 6.07) is 0.0560. The predicted octanol–water partition coefficient (Wildman–Crippen LogP) is 0.550. The molecule has 7 nitrogen and oxygen atoms in total. The second-order valence-electron chi connectivity index (χ2n) is 6.72. The number of nitrogens with one attached hydrogen (secondary N) is 2. The Balaban J connectivity index is 1.34. The molecule has 0 aromatic rings. The van der Waals surface area contributed by atoms with Crippen molar-refractivity contribution in [1.82, 2.24) is 15.5 Å². The molecular weight excluding hydrogens is 286 g/mol. The monoisotopic (exact) mass is 309 g/mol. The largest absolute Gasteiger partial charge is 0.481 e. The van der Waals surface area contributed by atoms with Crippen LogP contribution < -0.4 is 10.6 Å². The first-order valence-electron chi connectivity index (χ1n) is 8.11. The van der Waals surface area contributed by atoms with Crippen molar-refractivity contribution in [3.8, 4) is 0 Å². The van der Waals surface area contributed by atoms with E-state index in [4.69, 9.17) is 5.11 Å². The number of urea groups is 1. The summed E-state index contributed by atoms with van der Waals surface area (Å²) in [4.78, 5) is 36.3. The molecule has 7 heteroatoms. The lowest BCUT2D eigenvalue weighted by Crippen LogP contribution is -2.63. The number of carbonyl (C=O) groups excluding carboxylic acids is 2. The molecule has 3 fully saturated rings. The van der Waals surface area contributed by atoms with Gasteiger partial charge >= 0.3 is 12.0 Å². The van der Waals surface area contributed by atoms with E-state index in [1.807, 2.05) is 0 Å². The van der Waals surface area contributed by atoms with Crippen LogP contribution in [0.4, 0.5) is 4.79 Å². The predicted molar refractivity (Wildman–Crippen MR) is 78.1 cm³/mol. The molecule has 1 saturated heterocycles. The van der Waals surface area contributed by atoms with Gasteiger partial charge in [-0.2, -0.15) is 0 Å². The van der Waals surface area contributed by atoms with Crippen LogP contribution >= 0.6 is 0 Å². The number of carbonyl (C=O) groups is 3. The number of hydrogen-bond donors (Lipinski definition) is 3. The molecule has 122 valence electrons. The summed E-state index contributed by atoms with van der Waals surface area (Å²) < 4.78 is 0. The summed E-state index contributed by atoms with van der Waals surface area (Å²) in [5.74, 6) is -0.676. The van der Waals surface area contributed by atoms with Crippen LogP contribution in [0.1, 0.15) is 38.5 Å². The highest BCUT2D eigenvalue weighted by Gasteiger charge is 2.37. The zero-order chi connectivity index (χ0) is 15.7. The van der Waals surface area contributed by atoms with E-state index < -0.39 is 5.97 Å². The minimum Gasteiger partial charge on any atom is -0.481 e. The Morgan fingerprint density at radius 2 is 1.41 bits per heavy atom. The van der Waals surface area contributed by atoms with Gasteiger partial charge in [-0.1, -0.05) is 0 Å². The Morgan fingerprint density at radius 1 is 0.818 bits per heavy atom. The lowest BCUT2D eigenvalue weighted by atomic mass is 9.86. The van der Waals surface area contributed by atoms with E-state index in [-0.39, 0.29) is 35.9 Å². The number of amides is 3. The number of rotatable bonds is 4. The van der Waals surface area contributed by atoms with Crippen LogP contribution in [0, 0.1) is 11.8 Å². The van der Waals surface area contributed by atoms with E-state index in [0.717, 1.165) is 25.7 Å². The maximum Gasteiger partial charge on any atom is 0.317 e. The third-order valence-electron chi connectivity index (χ3n) is 4.87. The zero-order valence-electron chi connectivity index (χ0n) is 12.6. The second kappa shape index (κ2) is 6.14. The average molecular weight is 309 g/mol. The van der Waals surface area contributed by atoms with E-state index in [0.29, 0.717) is 25.9 Å². The van der Waals surface area contributed by atoms with Crippen LogP contribution in [0.3, 0.4) is 0 Å². The van der Waals surface area contributed by atoms with E-state index in [1.165, 1.54) is 0 Å². The molecule has 0 aromatic heterocycles. The Hall–Kier alpha value is -1.79. The van der Waals surface area contributed by atoms with Gasteiger partial charge in [0.15, 0.2) is 0 Å². The van der Waals surface area contributed by atoms with Crippen molar-refractivity contribution in [2.24, 2.45) is 11.8 Å². The van der Waals surface area contributed by atoms with Gasteiger partial charge in [-0.25, -0.2) is 4.79 Å². The first kappa shape index (κ1) is 15.1. The molecule has 3 aliphatic rings. The standard InChI is InChI=1S/C15H23N3O4/c19-13(9-1-2-9)16-12-7-18(8-12)15(22)17-11-5-3-10(4-6-11)14(20)21/h9-12H,1-8H2,(H,16,19)(H,17,22)(H,20,21). The van der Waals surface area contributed by atoms with Crippen LogP contribution in [0.2, 0.25) is 0 Å². The molecule has 3 rings (SSSR count). The first-order chi connectivity index (χ1) is 10.5. The molecule has 2 saturated carbocycles. The van der Waals surface area contributed by atoms with Gasteiger partial charge in [0.2, 0.25) is 5.91 Å². The lowest BCUT2D eigenvalue weighted by molar-refractivity contribution is -0.142. The normalized spacial score (nSPS) is 28.6. The number of likely N-dealkylation sites (tertiary alicyclic amines) is 1. The van der Waals surface area contributed by atoms with Gasteiger partial charge in [0.05, 0.1) is 12.0 Å². The smallest absolute Gasteiger partial charge is 0.317 e. The molecular formula is C15H23N3O4. The quantitative estimate of drug-likeness (QED) is 0.706. The molecule has 0 unspecified atom stereocenters. The number of aliphatic carboxylic acids is 1. The molecule has 2 aliphatic carbocycles. The van der Waals surface area contributed by atoms with Crippen molar-refractivity contribution in [2.75, 3.05) is 13.1 Å². The molecule has 0 aromatic carbocycles. The van der Waals surface area contributed by atoms with Crippen molar-refractivity contribution in [1.29, 1.82) is 0 Å². The molecule has 0 radical (unpaired) electrons. The van der Waals surface area contributed by atoms with Gasteiger partial charge in [-0.15, -0.1) is 0 Å². The van der Waals surface area contributed by atoms with Crippen LogP contribution in [0.15, 0.2) is 0 Å².